The molecule has 1 unspecified atom stereocenters. The monoisotopic (exact) mass is 554 g/mol. The molecule has 1 fully saturated rings. The van der Waals surface area contributed by atoms with E-state index in [-0.39, 0.29) is 37.9 Å². The number of carboxylic acids is 1. The van der Waals surface area contributed by atoms with Crippen molar-refractivity contribution < 1.29 is 24.2 Å². The number of carbonyl (C=O) groups excluding carboxylic acids is 2. The maximum absolute atomic E-state index is 13.8. The summed E-state index contributed by atoms with van der Waals surface area (Å²) < 4.78 is 5.72. The number of nitrogens with one attached hydrogen (secondary N) is 1. The lowest BCUT2D eigenvalue weighted by Crippen LogP contribution is -2.43. The van der Waals surface area contributed by atoms with Crippen LogP contribution in [0.2, 0.25) is 0 Å². The minimum Gasteiger partial charge on any atom is -0.481 e. The number of alkyl carbamates (subject to hydrolysis) is 1. The van der Waals surface area contributed by atoms with Gasteiger partial charge in [0.05, 0.1) is 12.3 Å². The van der Waals surface area contributed by atoms with Crippen molar-refractivity contribution in [2.75, 3.05) is 19.7 Å². The van der Waals surface area contributed by atoms with E-state index in [0.29, 0.717) is 18.9 Å². The summed E-state index contributed by atoms with van der Waals surface area (Å²) >= 11 is 0. The molecular formula is C34H38N2O5. The standard InChI is InChI=1S/C34H38N2O5/c37-32(38)18-19-36(22-25-12-2-1-3-13-25)33(39)26(20-24-10-4-5-11-24)21-35-34(40)41-23-31-29-16-8-6-14-27(29)28-15-7-9-17-30(28)31/h1-3,6-9,12-17,24,26,31H,4-5,10-11,18-23H2,(H,35,40)(H,37,38). The highest BCUT2D eigenvalue weighted by Gasteiger charge is 2.31. The predicted octanol–water partition coefficient (Wildman–Crippen LogP) is 6.23. The van der Waals surface area contributed by atoms with Gasteiger partial charge in [0.2, 0.25) is 5.91 Å². The van der Waals surface area contributed by atoms with Crippen molar-refractivity contribution in [2.24, 2.45) is 11.8 Å². The number of amides is 2. The minimum atomic E-state index is -0.944. The molecule has 2 aliphatic carbocycles. The van der Waals surface area contributed by atoms with Gasteiger partial charge in [-0.05, 0) is 40.2 Å². The zero-order valence-electron chi connectivity index (χ0n) is 23.3. The Morgan fingerprint density at radius 3 is 2.12 bits per heavy atom. The van der Waals surface area contributed by atoms with Gasteiger partial charge in [-0.15, -0.1) is 0 Å². The molecule has 3 aromatic rings. The van der Waals surface area contributed by atoms with E-state index in [0.717, 1.165) is 42.4 Å². The van der Waals surface area contributed by atoms with Crippen molar-refractivity contribution in [3.8, 4) is 11.1 Å². The molecule has 2 N–H and O–H groups in total. The van der Waals surface area contributed by atoms with Gasteiger partial charge in [-0.25, -0.2) is 4.79 Å². The van der Waals surface area contributed by atoms with Gasteiger partial charge in [-0.2, -0.15) is 0 Å². The summed E-state index contributed by atoms with van der Waals surface area (Å²) in [6.45, 7) is 0.818. The van der Waals surface area contributed by atoms with E-state index in [1.807, 2.05) is 54.6 Å². The first kappa shape index (κ1) is 28.4. The number of aliphatic carboxylic acids is 1. The van der Waals surface area contributed by atoms with Crippen LogP contribution in [0.3, 0.4) is 0 Å². The lowest BCUT2D eigenvalue weighted by Gasteiger charge is -2.29. The molecule has 3 aromatic carbocycles. The highest BCUT2D eigenvalue weighted by Crippen LogP contribution is 2.44. The van der Waals surface area contributed by atoms with E-state index < -0.39 is 18.0 Å². The molecule has 0 spiro atoms. The molecule has 5 rings (SSSR count). The van der Waals surface area contributed by atoms with Gasteiger partial charge < -0.3 is 20.1 Å². The van der Waals surface area contributed by atoms with Crippen LogP contribution in [0.1, 0.15) is 61.1 Å². The van der Waals surface area contributed by atoms with Crippen LogP contribution in [0.5, 0.6) is 0 Å². The van der Waals surface area contributed by atoms with Crippen LogP contribution in [0.25, 0.3) is 11.1 Å². The fourth-order valence-electron chi connectivity index (χ4n) is 6.34. The molecular weight excluding hydrogens is 516 g/mol. The average molecular weight is 555 g/mol. The Labute approximate surface area is 241 Å². The van der Waals surface area contributed by atoms with Crippen LogP contribution in [0.4, 0.5) is 4.79 Å². The van der Waals surface area contributed by atoms with Crippen LogP contribution in [-0.4, -0.2) is 47.7 Å². The molecule has 41 heavy (non-hydrogen) atoms. The first-order valence-corrected chi connectivity index (χ1v) is 14.6. The number of rotatable bonds is 12. The summed E-state index contributed by atoms with van der Waals surface area (Å²) in [5.41, 5.74) is 5.56. The predicted molar refractivity (Wildman–Crippen MR) is 157 cm³/mol. The molecule has 0 heterocycles. The number of ether oxygens (including phenoxy) is 1. The first-order chi connectivity index (χ1) is 20.0. The van der Waals surface area contributed by atoms with Crippen molar-refractivity contribution in [3.63, 3.8) is 0 Å². The number of carbonyl (C=O) groups is 3. The van der Waals surface area contributed by atoms with Crippen molar-refractivity contribution in [3.05, 3.63) is 95.6 Å². The van der Waals surface area contributed by atoms with Gasteiger partial charge in [0.25, 0.3) is 0 Å². The Bertz CT molecular complexity index is 1310. The topological polar surface area (TPSA) is 95.9 Å². The van der Waals surface area contributed by atoms with Crippen molar-refractivity contribution in [1.29, 1.82) is 0 Å². The largest absolute Gasteiger partial charge is 0.481 e. The molecule has 7 nitrogen and oxygen atoms in total. The molecule has 7 heteroatoms. The van der Waals surface area contributed by atoms with E-state index in [9.17, 15) is 19.5 Å². The molecule has 2 amide bonds. The summed E-state index contributed by atoms with van der Waals surface area (Å²) in [5.74, 6) is -1.13. The average Bonchev–Trinajstić information content (AvgIpc) is 3.62. The van der Waals surface area contributed by atoms with Crippen molar-refractivity contribution in [2.45, 2.75) is 51.0 Å². The lowest BCUT2D eigenvalue weighted by molar-refractivity contribution is -0.140. The van der Waals surface area contributed by atoms with Gasteiger partial charge in [-0.1, -0.05) is 105 Å². The van der Waals surface area contributed by atoms with E-state index >= 15 is 0 Å². The third-order valence-electron chi connectivity index (χ3n) is 8.40. The molecule has 1 saturated carbocycles. The smallest absolute Gasteiger partial charge is 0.407 e. The number of hydrogen-bond acceptors (Lipinski definition) is 4. The number of carboxylic acid groups (broad SMARTS) is 1. The maximum atomic E-state index is 13.8. The highest BCUT2D eigenvalue weighted by molar-refractivity contribution is 5.81. The number of nitrogens with zero attached hydrogens (tertiary/aromatic N) is 1. The van der Waals surface area contributed by atoms with Gasteiger partial charge in [0.15, 0.2) is 0 Å². The molecule has 0 bridgehead atoms. The van der Waals surface area contributed by atoms with Crippen LogP contribution in [-0.2, 0) is 20.9 Å². The van der Waals surface area contributed by atoms with E-state index in [1.54, 1.807) is 4.90 Å². The molecule has 0 aromatic heterocycles. The second kappa shape index (κ2) is 13.5. The Hall–Kier alpha value is -4.13. The second-order valence-electron chi connectivity index (χ2n) is 11.2. The van der Waals surface area contributed by atoms with Gasteiger partial charge in [0, 0.05) is 25.6 Å². The van der Waals surface area contributed by atoms with Gasteiger partial charge in [-0.3, -0.25) is 9.59 Å². The SMILES string of the molecule is O=C(O)CCN(Cc1ccccc1)C(=O)C(CNC(=O)OCC1c2ccccc2-c2ccccc21)CC1CCCC1. The second-order valence-corrected chi connectivity index (χ2v) is 11.2. The van der Waals surface area contributed by atoms with Crippen molar-refractivity contribution in [1.82, 2.24) is 10.2 Å². The Morgan fingerprint density at radius 1 is 0.878 bits per heavy atom. The van der Waals surface area contributed by atoms with E-state index in [2.05, 4.69) is 29.6 Å². The maximum Gasteiger partial charge on any atom is 0.407 e. The number of benzene rings is 3. The van der Waals surface area contributed by atoms with Crippen LogP contribution in [0.15, 0.2) is 78.9 Å². The number of hydrogen-bond donors (Lipinski definition) is 2. The van der Waals surface area contributed by atoms with Crippen LogP contribution in [0, 0.1) is 11.8 Å². The molecule has 0 radical (unpaired) electrons. The van der Waals surface area contributed by atoms with Crippen LogP contribution >= 0.6 is 0 Å². The normalized spacial score (nSPS) is 15.1. The van der Waals surface area contributed by atoms with Crippen LogP contribution < -0.4 is 5.32 Å². The molecule has 2 aliphatic rings. The zero-order valence-corrected chi connectivity index (χ0v) is 23.3. The van der Waals surface area contributed by atoms with E-state index in [1.165, 1.54) is 11.1 Å². The number of fused-ring (bicyclic) bond motifs is 3. The Kier molecular flexibility index (Phi) is 9.34. The zero-order chi connectivity index (χ0) is 28.6. The summed E-state index contributed by atoms with van der Waals surface area (Å²) in [7, 11) is 0. The summed E-state index contributed by atoms with van der Waals surface area (Å²) in [6, 6.07) is 26.0. The molecule has 1 atom stereocenters. The third-order valence-corrected chi connectivity index (χ3v) is 8.40. The molecule has 0 saturated heterocycles. The summed E-state index contributed by atoms with van der Waals surface area (Å²) in [6.07, 6.45) is 4.44. The fourth-order valence-corrected chi connectivity index (χ4v) is 6.34. The van der Waals surface area contributed by atoms with Gasteiger partial charge >= 0.3 is 12.1 Å². The summed E-state index contributed by atoms with van der Waals surface area (Å²) in [4.78, 5) is 39.8. The van der Waals surface area contributed by atoms with E-state index in [4.69, 9.17) is 4.74 Å². The lowest BCUT2D eigenvalue weighted by atomic mass is 9.91. The van der Waals surface area contributed by atoms with Gasteiger partial charge in [0.1, 0.15) is 6.61 Å². The Balaban J connectivity index is 1.24. The summed E-state index contributed by atoms with van der Waals surface area (Å²) in [5, 5.41) is 12.2. The van der Waals surface area contributed by atoms with Crippen molar-refractivity contribution >= 4 is 18.0 Å². The highest BCUT2D eigenvalue weighted by atomic mass is 16.5. The quantitative estimate of drug-likeness (QED) is 0.277. The molecule has 214 valence electrons. The Morgan fingerprint density at radius 2 is 1.49 bits per heavy atom. The molecule has 0 aliphatic heterocycles. The first-order valence-electron chi connectivity index (χ1n) is 14.6. The fraction of sp³-hybridized carbons (Fsp3) is 0.382. The minimum absolute atomic E-state index is 0.0403. The third kappa shape index (κ3) is 7.15.